The topological polar surface area (TPSA) is 26.3 Å². The maximum absolute atomic E-state index is 11.6. The van der Waals surface area contributed by atoms with Gasteiger partial charge in [-0.1, -0.05) is 29.3 Å². The lowest BCUT2D eigenvalue weighted by Gasteiger charge is -2.05. The van der Waals surface area contributed by atoms with Gasteiger partial charge in [0, 0.05) is 16.0 Å². The zero-order chi connectivity index (χ0) is 12.3. The van der Waals surface area contributed by atoms with Gasteiger partial charge < -0.3 is 4.74 Å². The van der Waals surface area contributed by atoms with E-state index in [9.17, 15) is 4.79 Å². The molecule has 0 atom stereocenters. The molecule has 88 valence electrons. The van der Waals surface area contributed by atoms with Gasteiger partial charge in [0.05, 0.1) is 11.4 Å². The number of hydrogen-bond acceptors (Lipinski definition) is 3. The van der Waals surface area contributed by atoms with E-state index < -0.39 is 0 Å². The summed E-state index contributed by atoms with van der Waals surface area (Å²) in [5.74, 6) is -0.0580. The van der Waals surface area contributed by atoms with Crippen LogP contribution in [0.2, 0.25) is 10.0 Å². The molecule has 0 amide bonds. The lowest BCUT2D eigenvalue weighted by atomic mass is 10.3. The number of esters is 1. The van der Waals surface area contributed by atoms with Gasteiger partial charge in [-0.3, -0.25) is 4.79 Å². The molecule has 2 aromatic rings. The highest BCUT2D eigenvalue weighted by atomic mass is 35.5. The van der Waals surface area contributed by atoms with Crippen molar-refractivity contribution in [2.24, 2.45) is 0 Å². The minimum absolute atomic E-state index is 0.237. The van der Waals surface area contributed by atoms with Gasteiger partial charge in [-0.05, 0) is 23.6 Å². The van der Waals surface area contributed by atoms with E-state index in [1.54, 1.807) is 12.1 Å². The Morgan fingerprint density at radius 3 is 2.82 bits per heavy atom. The Hall–Kier alpha value is -1.03. The molecule has 0 spiro atoms. The van der Waals surface area contributed by atoms with Crippen LogP contribution in [-0.2, 0) is 11.2 Å². The van der Waals surface area contributed by atoms with E-state index in [4.69, 9.17) is 27.9 Å². The Bertz CT molecular complexity index is 523. The van der Waals surface area contributed by atoms with Crippen molar-refractivity contribution in [3.05, 3.63) is 50.6 Å². The van der Waals surface area contributed by atoms with Crippen molar-refractivity contribution >= 4 is 40.5 Å². The van der Waals surface area contributed by atoms with Crippen molar-refractivity contribution in [1.29, 1.82) is 0 Å². The number of hydrogen-bond donors (Lipinski definition) is 0. The van der Waals surface area contributed by atoms with E-state index in [1.807, 2.05) is 17.5 Å². The lowest BCUT2D eigenvalue weighted by Crippen LogP contribution is -2.10. The molecule has 0 fully saturated rings. The third-order valence-electron chi connectivity index (χ3n) is 2.02. The molecule has 0 bridgehead atoms. The number of benzene rings is 1. The maximum Gasteiger partial charge on any atom is 0.316 e. The molecule has 2 rings (SSSR count). The third-order valence-corrected chi connectivity index (χ3v) is 3.44. The minimum atomic E-state index is -0.350. The molecule has 17 heavy (non-hydrogen) atoms. The van der Waals surface area contributed by atoms with Crippen LogP contribution >= 0.6 is 34.5 Å². The normalized spacial score (nSPS) is 10.2. The van der Waals surface area contributed by atoms with Crippen LogP contribution in [0.3, 0.4) is 0 Å². The number of rotatable bonds is 3. The number of ether oxygens (including phenoxy) is 1. The monoisotopic (exact) mass is 286 g/mol. The quantitative estimate of drug-likeness (QED) is 0.624. The molecule has 1 heterocycles. The second-order valence-corrected chi connectivity index (χ2v) is 5.18. The van der Waals surface area contributed by atoms with Crippen molar-refractivity contribution in [2.75, 3.05) is 0 Å². The summed E-state index contributed by atoms with van der Waals surface area (Å²) in [6, 6.07) is 8.53. The summed E-state index contributed by atoms with van der Waals surface area (Å²) in [7, 11) is 0. The average molecular weight is 287 g/mol. The van der Waals surface area contributed by atoms with Crippen LogP contribution in [0.5, 0.6) is 5.75 Å². The predicted molar refractivity (Wildman–Crippen MR) is 70.1 cm³/mol. The summed E-state index contributed by atoms with van der Waals surface area (Å²) < 4.78 is 5.15. The first-order valence-electron chi connectivity index (χ1n) is 4.83. The first-order valence-corrected chi connectivity index (χ1v) is 6.47. The Morgan fingerprint density at radius 2 is 2.12 bits per heavy atom. The molecule has 5 heteroatoms. The molecule has 0 aliphatic carbocycles. The van der Waals surface area contributed by atoms with Crippen molar-refractivity contribution < 1.29 is 9.53 Å². The Labute approximate surface area is 113 Å². The second kappa shape index (κ2) is 5.54. The van der Waals surface area contributed by atoms with Crippen LogP contribution < -0.4 is 4.74 Å². The third kappa shape index (κ3) is 3.46. The average Bonchev–Trinajstić information content (AvgIpc) is 2.76. The van der Waals surface area contributed by atoms with Gasteiger partial charge >= 0.3 is 5.97 Å². The maximum atomic E-state index is 11.6. The molecule has 2 nitrogen and oxygen atoms in total. The van der Waals surface area contributed by atoms with Crippen molar-refractivity contribution in [1.82, 2.24) is 0 Å². The van der Waals surface area contributed by atoms with E-state index >= 15 is 0 Å². The number of halogens is 2. The van der Waals surface area contributed by atoms with Gasteiger partial charge in [-0.2, -0.15) is 0 Å². The molecule has 1 aromatic carbocycles. The van der Waals surface area contributed by atoms with Crippen LogP contribution in [0.1, 0.15) is 4.88 Å². The first-order chi connectivity index (χ1) is 8.15. The molecule has 1 aromatic heterocycles. The molecule has 0 saturated heterocycles. The number of carbonyl (C=O) groups excluding carboxylic acids is 1. The standard InChI is InChI=1S/C12H8Cl2O2S/c13-8-3-4-10(14)11(6-8)16-12(15)7-9-2-1-5-17-9/h1-6H,7H2. The fourth-order valence-corrected chi connectivity index (χ4v) is 2.28. The van der Waals surface area contributed by atoms with E-state index in [0.29, 0.717) is 15.8 Å². The fraction of sp³-hybridized carbons (Fsp3) is 0.0833. The summed E-state index contributed by atoms with van der Waals surface area (Å²) in [6.45, 7) is 0. The van der Waals surface area contributed by atoms with Crippen LogP contribution in [0.4, 0.5) is 0 Å². The van der Waals surface area contributed by atoms with Crippen LogP contribution in [0.25, 0.3) is 0 Å². The summed E-state index contributed by atoms with van der Waals surface area (Å²) >= 11 is 13.2. The lowest BCUT2D eigenvalue weighted by molar-refractivity contribution is -0.133. The van der Waals surface area contributed by atoms with E-state index in [2.05, 4.69) is 0 Å². The Kier molecular flexibility index (Phi) is 4.05. The van der Waals surface area contributed by atoms with Gasteiger partial charge in [-0.15, -0.1) is 11.3 Å². The van der Waals surface area contributed by atoms with Crippen LogP contribution in [0, 0.1) is 0 Å². The smallest absolute Gasteiger partial charge is 0.316 e. The predicted octanol–water partition coefficient (Wildman–Crippen LogP) is 4.20. The van der Waals surface area contributed by atoms with Crippen molar-refractivity contribution in [3.8, 4) is 5.75 Å². The molecule has 0 aliphatic heterocycles. The Morgan fingerprint density at radius 1 is 1.29 bits per heavy atom. The van der Waals surface area contributed by atoms with E-state index in [-0.39, 0.29) is 12.4 Å². The highest BCUT2D eigenvalue weighted by Gasteiger charge is 2.10. The SMILES string of the molecule is O=C(Cc1cccs1)Oc1cc(Cl)ccc1Cl. The number of thiophene rings is 1. The zero-order valence-electron chi connectivity index (χ0n) is 8.65. The largest absolute Gasteiger partial charge is 0.425 e. The molecule has 0 saturated carbocycles. The van der Waals surface area contributed by atoms with Crippen LogP contribution in [-0.4, -0.2) is 5.97 Å². The van der Waals surface area contributed by atoms with Gasteiger partial charge in [0.15, 0.2) is 5.75 Å². The van der Waals surface area contributed by atoms with E-state index in [0.717, 1.165) is 4.88 Å². The van der Waals surface area contributed by atoms with Gasteiger partial charge in [0.1, 0.15) is 0 Å². The highest BCUT2D eigenvalue weighted by Crippen LogP contribution is 2.28. The zero-order valence-corrected chi connectivity index (χ0v) is 11.0. The summed E-state index contributed by atoms with van der Waals surface area (Å²) in [6.07, 6.45) is 0.237. The van der Waals surface area contributed by atoms with E-state index in [1.165, 1.54) is 17.4 Å². The number of carbonyl (C=O) groups is 1. The molecular formula is C12H8Cl2O2S. The van der Waals surface area contributed by atoms with Crippen molar-refractivity contribution in [2.45, 2.75) is 6.42 Å². The van der Waals surface area contributed by atoms with Gasteiger partial charge in [0.2, 0.25) is 0 Å². The molecule has 0 N–H and O–H groups in total. The van der Waals surface area contributed by atoms with Crippen LogP contribution in [0.15, 0.2) is 35.7 Å². The summed E-state index contributed by atoms with van der Waals surface area (Å²) in [5, 5.41) is 2.76. The molecule has 0 radical (unpaired) electrons. The summed E-state index contributed by atoms with van der Waals surface area (Å²) in [5.41, 5.74) is 0. The fourth-order valence-electron chi connectivity index (χ4n) is 1.27. The second-order valence-electron chi connectivity index (χ2n) is 3.30. The first kappa shape index (κ1) is 12.4. The molecular weight excluding hydrogens is 279 g/mol. The molecule has 0 aliphatic rings. The summed E-state index contributed by atoms with van der Waals surface area (Å²) in [4.78, 5) is 12.6. The van der Waals surface area contributed by atoms with Gasteiger partial charge in [-0.25, -0.2) is 0 Å². The molecule has 0 unspecified atom stereocenters. The highest BCUT2D eigenvalue weighted by molar-refractivity contribution is 7.10. The minimum Gasteiger partial charge on any atom is -0.425 e. The Balaban J connectivity index is 2.05. The van der Waals surface area contributed by atoms with Gasteiger partial charge in [0.25, 0.3) is 0 Å². The van der Waals surface area contributed by atoms with Crippen molar-refractivity contribution in [3.63, 3.8) is 0 Å².